The van der Waals surface area contributed by atoms with Gasteiger partial charge in [0.2, 0.25) is 5.13 Å². The first-order valence-electron chi connectivity index (χ1n) is 6.28. The van der Waals surface area contributed by atoms with Crippen LogP contribution in [0.3, 0.4) is 0 Å². The van der Waals surface area contributed by atoms with Gasteiger partial charge in [-0.15, -0.1) is 10.2 Å². The molecule has 0 aliphatic rings. The average molecular weight is 331 g/mol. The molecule has 2 rings (SSSR count). The summed E-state index contributed by atoms with van der Waals surface area (Å²) in [6.45, 7) is 3.08. The molecular formula is C13H15F2N3OS2. The maximum Gasteiger partial charge on any atom is 0.206 e. The summed E-state index contributed by atoms with van der Waals surface area (Å²) in [6, 6.07) is 3.61. The number of halogens is 2. The smallest absolute Gasteiger partial charge is 0.206 e. The lowest BCUT2D eigenvalue weighted by atomic mass is 10.1. The fourth-order valence-electron chi connectivity index (χ4n) is 1.63. The molecule has 0 aliphatic carbocycles. The summed E-state index contributed by atoms with van der Waals surface area (Å²) in [4.78, 5) is 0. The molecule has 0 amide bonds. The predicted octanol–water partition coefficient (Wildman–Crippen LogP) is 3.73. The van der Waals surface area contributed by atoms with Crippen molar-refractivity contribution in [1.82, 2.24) is 10.2 Å². The van der Waals surface area contributed by atoms with E-state index in [4.69, 9.17) is 4.74 Å². The van der Waals surface area contributed by atoms with Crippen molar-refractivity contribution < 1.29 is 13.5 Å². The summed E-state index contributed by atoms with van der Waals surface area (Å²) < 4.78 is 32.3. The average Bonchev–Trinajstić information content (AvgIpc) is 2.86. The quantitative estimate of drug-likeness (QED) is 0.619. The monoisotopic (exact) mass is 331 g/mol. The molecule has 0 spiro atoms. The summed E-state index contributed by atoms with van der Waals surface area (Å²) in [7, 11) is 1.63. The minimum Gasteiger partial charge on any atom is -0.383 e. The van der Waals surface area contributed by atoms with E-state index in [0.717, 1.165) is 10.4 Å². The van der Waals surface area contributed by atoms with Gasteiger partial charge in [0.05, 0.1) is 6.61 Å². The number of ether oxygens (including phenoxy) is 1. The van der Waals surface area contributed by atoms with Gasteiger partial charge in [-0.3, -0.25) is 0 Å². The molecule has 1 N–H and O–H groups in total. The highest BCUT2D eigenvalue weighted by atomic mass is 32.2. The molecule has 0 bridgehead atoms. The number of nitrogens with one attached hydrogen (secondary N) is 1. The highest BCUT2D eigenvalue weighted by Crippen LogP contribution is 2.38. The van der Waals surface area contributed by atoms with Gasteiger partial charge in [-0.05, 0) is 13.0 Å². The number of thioether (sulfide) groups is 1. The van der Waals surface area contributed by atoms with Gasteiger partial charge >= 0.3 is 0 Å². The van der Waals surface area contributed by atoms with Gasteiger partial charge < -0.3 is 10.1 Å². The summed E-state index contributed by atoms with van der Waals surface area (Å²) in [5.41, 5.74) is 0.450. The second-order valence-corrected chi connectivity index (χ2v) is 6.78. The Morgan fingerprint density at radius 1 is 1.38 bits per heavy atom. The molecular weight excluding hydrogens is 316 g/mol. The molecule has 8 heteroatoms. The van der Waals surface area contributed by atoms with E-state index in [1.165, 1.54) is 35.2 Å². The standard InChI is InChI=1S/C13H15F2N3OS2/c1-8(10-4-3-9(14)7-11(10)15)20-13-18-17-12(21-13)16-5-6-19-2/h3-4,7-8H,5-6H2,1-2H3,(H,16,17). The van der Waals surface area contributed by atoms with Gasteiger partial charge in [0.25, 0.3) is 0 Å². The highest BCUT2D eigenvalue weighted by Gasteiger charge is 2.15. The Hall–Kier alpha value is -1.25. The molecule has 0 aliphatic heterocycles. The van der Waals surface area contributed by atoms with Crippen LogP contribution in [0.15, 0.2) is 22.5 Å². The van der Waals surface area contributed by atoms with Crippen molar-refractivity contribution in [3.63, 3.8) is 0 Å². The van der Waals surface area contributed by atoms with Crippen molar-refractivity contribution in [1.29, 1.82) is 0 Å². The zero-order valence-corrected chi connectivity index (χ0v) is 13.2. The van der Waals surface area contributed by atoms with Crippen molar-refractivity contribution in [2.45, 2.75) is 16.5 Å². The van der Waals surface area contributed by atoms with Gasteiger partial charge in [-0.1, -0.05) is 29.2 Å². The van der Waals surface area contributed by atoms with Crippen molar-refractivity contribution in [2.24, 2.45) is 0 Å². The number of hydrogen-bond acceptors (Lipinski definition) is 6. The van der Waals surface area contributed by atoms with E-state index >= 15 is 0 Å². The summed E-state index contributed by atoms with van der Waals surface area (Å²) in [5.74, 6) is -1.12. The molecule has 114 valence electrons. The van der Waals surface area contributed by atoms with Crippen LogP contribution in [0.5, 0.6) is 0 Å². The molecule has 4 nitrogen and oxygen atoms in total. The first kappa shape index (κ1) is 16.1. The lowest BCUT2D eigenvalue weighted by Gasteiger charge is -2.10. The molecule has 0 saturated carbocycles. The fourth-order valence-corrected chi connectivity index (χ4v) is 3.71. The summed E-state index contributed by atoms with van der Waals surface area (Å²) in [6.07, 6.45) is 0. The zero-order chi connectivity index (χ0) is 15.2. The maximum absolute atomic E-state index is 13.7. The van der Waals surface area contributed by atoms with Crippen LogP contribution >= 0.6 is 23.1 Å². The van der Waals surface area contributed by atoms with E-state index in [2.05, 4.69) is 15.5 Å². The summed E-state index contributed by atoms with van der Waals surface area (Å²) >= 11 is 2.78. The van der Waals surface area contributed by atoms with Crippen LogP contribution in [0.1, 0.15) is 17.7 Å². The van der Waals surface area contributed by atoms with E-state index in [1.54, 1.807) is 7.11 Å². The Morgan fingerprint density at radius 3 is 2.90 bits per heavy atom. The topological polar surface area (TPSA) is 47.0 Å². The molecule has 1 aromatic heterocycles. The second-order valence-electron chi connectivity index (χ2n) is 4.22. The van der Waals surface area contributed by atoms with E-state index < -0.39 is 11.6 Å². The molecule has 0 radical (unpaired) electrons. The van der Waals surface area contributed by atoms with E-state index in [9.17, 15) is 8.78 Å². The molecule has 1 unspecified atom stereocenters. The Morgan fingerprint density at radius 2 is 2.19 bits per heavy atom. The summed E-state index contributed by atoms with van der Waals surface area (Å²) in [5, 5.41) is 11.6. The second kappa shape index (κ2) is 7.67. The Bertz CT molecular complexity index is 595. The zero-order valence-electron chi connectivity index (χ0n) is 11.6. The lowest BCUT2D eigenvalue weighted by molar-refractivity contribution is 0.211. The third kappa shape index (κ3) is 4.62. The first-order valence-corrected chi connectivity index (χ1v) is 7.97. The Balaban J connectivity index is 1.97. The third-order valence-electron chi connectivity index (χ3n) is 2.67. The van der Waals surface area contributed by atoms with Crippen molar-refractivity contribution in [3.8, 4) is 0 Å². The van der Waals surface area contributed by atoms with E-state index in [-0.39, 0.29) is 5.25 Å². The van der Waals surface area contributed by atoms with Crippen LogP contribution in [0.2, 0.25) is 0 Å². The minimum absolute atomic E-state index is 0.176. The Kier molecular flexibility index (Phi) is 5.89. The van der Waals surface area contributed by atoms with Crippen LogP contribution in [-0.4, -0.2) is 30.5 Å². The largest absolute Gasteiger partial charge is 0.383 e. The van der Waals surface area contributed by atoms with Gasteiger partial charge in [0, 0.05) is 30.5 Å². The Labute approximate surface area is 129 Å². The van der Waals surface area contributed by atoms with Crippen LogP contribution < -0.4 is 5.32 Å². The number of benzene rings is 1. The van der Waals surface area contributed by atoms with Gasteiger partial charge in [-0.2, -0.15) is 0 Å². The van der Waals surface area contributed by atoms with Crippen molar-refractivity contribution in [3.05, 3.63) is 35.4 Å². The number of aromatic nitrogens is 2. The van der Waals surface area contributed by atoms with E-state index in [1.807, 2.05) is 6.92 Å². The van der Waals surface area contributed by atoms with Gasteiger partial charge in [-0.25, -0.2) is 8.78 Å². The van der Waals surface area contributed by atoms with Gasteiger partial charge in [0.1, 0.15) is 11.6 Å². The third-order valence-corrected chi connectivity index (χ3v) is 4.77. The lowest BCUT2D eigenvalue weighted by Crippen LogP contribution is -2.06. The molecule has 1 atom stereocenters. The first-order chi connectivity index (χ1) is 10.1. The maximum atomic E-state index is 13.7. The molecule has 1 heterocycles. The number of hydrogen-bond donors (Lipinski definition) is 1. The molecule has 2 aromatic rings. The number of nitrogens with zero attached hydrogens (tertiary/aromatic N) is 2. The van der Waals surface area contributed by atoms with Gasteiger partial charge in [0.15, 0.2) is 4.34 Å². The molecule has 0 fully saturated rings. The van der Waals surface area contributed by atoms with Crippen LogP contribution in [0, 0.1) is 11.6 Å². The molecule has 0 saturated heterocycles. The minimum atomic E-state index is -0.575. The predicted molar refractivity (Wildman–Crippen MR) is 80.9 cm³/mol. The van der Waals surface area contributed by atoms with Crippen LogP contribution in [-0.2, 0) is 4.74 Å². The highest BCUT2D eigenvalue weighted by molar-refractivity contribution is 8.01. The van der Waals surface area contributed by atoms with E-state index in [0.29, 0.717) is 23.8 Å². The van der Waals surface area contributed by atoms with Crippen molar-refractivity contribution >= 4 is 28.2 Å². The van der Waals surface area contributed by atoms with Crippen LogP contribution in [0.4, 0.5) is 13.9 Å². The number of anilines is 1. The number of methoxy groups -OCH3 is 1. The number of rotatable bonds is 7. The normalized spacial score (nSPS) is 12.4. The molecule has 1 aromatic carbocycles. The SMILES string of the molecule is COCCNc1nnc(SC(C)c2ccc(F)cc2F)s1. The molecule has 21 heavy (non-hydrogen) atoms. The van der Waals surface area contributed by atoms with Crippen molar-refractivity contribution in [2.75, 3.05) is 25.6 Å². The van der Waals surface area contributed by atoms with Crippen LogP contribution in [0.25, 0.3) is 0 Å². The fraction of sp³-hybridized carbons (Fsp3) is 0.385.